The summed E-state index contributed by atoms with van der Waals surface area (Å²) < 4.78 is 5.24. The highest BCUT2D eigenvalue weighted by molar-refractivity contribution is 5.82. The third-order valence-corrected chi connectivity index (χ3v) is 6.53. The van der Waals surface area contributed by atoms with E-state index in [0.717, 1.165) is 41.7 Å². The number of aromatic nitrogens is 2. The van der Waals surface area contributed by atoms with Gasteiger partial charge in [-0.1, -0.05) is 12.8 Å². The molecule has 2 heterocycles. The molecule has 2 aliphatic carbocycles. The number of imidazole rings is 1. The number of aromatic amines is 1. The number of carbonyl (C=O) groups excluding carboxylic acids is 1. The number of amides is 1. The molecule has 1 aromatic heterocycles. The molecule has 1 aliphatic heterocycles. The monoisotopic (exact) mass is 354 g/mol. The lowest BCUT2D eigenvalue weighted by Gasteiger charge is -2.26. The Labute approximate surface area is 153 Å². The van der Waals surface area contributed by atoms with Crippen LogP contribution in [0.3, 0.4) is 0 Å². The van der Waals surface area contributed by atoms with Crippen molar-refractivity contribution in [3.05, 3.63) is 24.0 Å². The molecule has 3 fully saturated rings. The number of fused-ring (bicyclic) bond motifs is 2. The predicted molar refractivity (Wildman–Crippen MR) is 98.8 cm³/mol. The standard InChI is InChI=1S/C20H26N4O2/c1-26-13-6-7-16-17(8-13)23-18(22-16)9-21-20(25)19-14-10-24(11-15(14)19)12-4-2-3-5-12/h6-8,12,14-15,19H,2-5,9-11H2,1H3,(H,21,25)(H,22,23). The summed E-state index contributed by atoms with van der Waals surface area (Å²) in [6, 6.07) is 6.54. The predicted octanol–water partition coefficient (Wildman–Crippen LogP) is 2.31. The zero-order chi connectivity index (χ0) is 17.7. The van der Waals surface area contributed by atoms with Gasteiger partial charge in [0.15, 0.2) is 0 Å². The van der Waals surface area contributed by atoms with Gasteiger partial charge in [0.2, 0.25) is 5.91 Å². The fraction of sp³-hybridized carbons (Fsp3) is 0.600. The van der Waals surface area contributed by atoms with Crippen LogP contribution in [-0.4, -0.2) is 47.0 Å². The first-order chi connectivity index (χ1) is 12.7. The molecule has 5 rings (SSSR count). The zero-order valence-corrected chi connectivity index (χ0v) is 15.2. The minimum absolute atomic E-state index is 0.198. The first-order valence-corrected chi connectivity index (χ1v) is 9.77. The van der Waals surface area contributed by atoms with Crippen molar-refractivity contribution in [3.8, 4) is 5.75 Å². The number of benzene rings is 1. The fourth-order valence-corrected chi connectivity index (χ4v) is 5.06. The number of nitrogens with zero attached hydrogens (tertiary/aromatic N) is 2. The van der Waals surface area contributed by atoms with Crippen LogP contribution in [0.25, 0.3) is 11.0 Å². The highest BCUT2D eigenvalue weighted by Crippen LogP contribution is 2.53. The maximum absolute atomic E-state index is 12.5. The van der Waals surface area contributed by atoms with Crippen LogP contribution in [0.5, 0.6) is 5.75 Å². The van der Waals surface area contributed by atoms with Gasteiger partial charge in [-0.3, -0.25) is 9.69 Å². The van der Waals surface area contributed by atoms with Crippen molar-refractivity contribution in [1.82, 2.24) is 20.2 Å². The van der Waals surface area contributed by atoms with Crippen LogP contribution in [-0.2, 0) is 11.3 Å². The normalized spacial score (nSPS) is 28.4. The summed E-state index contributed by atoms with van der Waals surface area (Å²) in [6.45, 7) is 2.70. The quantitative estimate of drug-likeness (QED) is 0.864. The summed E-state index contributed by atoms with van der Waals surface area (Å²) in [6.07, 6.45) is 5.47. The van der Waals surface area contributed by atoms with Crippen LogP contribution < -0.4 is 10.1 Å². The summed E-state index contributed by atoms with van der Waals surface area (Å²) in [5.74, 6) is 3.17. The molecule has 2 atom stereocenters. The van der Waals surface area contributed by atoms with Gasteiger partial charge in [-0.05, 0) is 36.8 Å². The van der Waals surface area contributed by atoms with Gasteiger partial charge >= 0.3 is 0 Å². The molecule has 1 saturated heterocycles. The van der Waals surface area contributed by atoms with Gasteiger partial charge in [0.25, 0.3) is 0 Å². The lowest BCUT2D eigenvalue weighted by atomic mass is 10.1. The van der Waals surface area contributed by atoms with E-state index in [1.54, 1.807) is 7.11 Å². The van der Waals surface area contributed by atoms with E-state index >= 15 is 0 Å². The maximum Gasteiger partial charge on any atom is 0.224 e. The molecule has 26 heavy (non-hydrogen) atoms. The van der Waals surface area contributed by atoms with Crippen molar-refractivity contribution < 1.29 is 9.53 Å². The molecule has 0 spiro atoms. The summed E-state index contributed by atoms with van der Waals surface area (Å²) >= 11 is 0. The van der Waals surface area contributed by atoms with Crippen molar-refractivity contribution >= 4 is 16.9 Å². The van der Waals surface area contributed by atoms with E-state index in [0.29, 0.717) is 18.4 Å². The van der Waals surface area contributed by atoms with Gasteiger partial charge < -0.3 is 15.0 Å². The molecule has 2 N–H and O–H groups in total. The van der Waals surface area contributed by atoms with Crippen LogP contribution in [0.1, 0.15) is 31.5 Å². The van der Waals surface area contributed by atoms with Crippen molar-refractivity contribution in [1.29, 1.82) is 0 Å². The number of ether oxygens (including phenoxy) is 1. The summed E-state index contributed by atoms with van der Waals surface area (Å²) in [5.41, 5.74) is 1.83. The molecule has 138 valence electrons. The molecule has 3 aliphatic rings. The van der Waals surface area contributed by atoms with Crippen LogP contribution >= 0.6 is 0 Å². The molecule has 0 radical (unpaired) electrons. The Bertz CT molecular complexity index is 814. The molecule has 2 aromatic rings. The molecule has 1 amide bonds. The first kappa shape index (κ1) is 16.1. The smallest absolute Gasteiger partial charge is 0.224 e. The number of H-pyrrole nitrogens is 1. The van der Waals surface area contributed by atoms with Gasteiger partial charge in [0, 0.05) is 31.1 Å². The Hall–Kier alpha value is -2.08. The van der Waals surface area contributed by atoms with E-state index in [4.69, 9.17) is 4.74 Å². The van der Waals surface area contributed by atoms with Gasteiger partial charge in [0.1, 0.15) is 11.6 Å². The van der Waals surface area contributed by atoms with E-state index in [1.165, 1.54) is 25.7 Å². The number of likely N-dealkylation sites (tertiary alicyclic amines) is 1. The number of rotatable bonds is 5. The molecule has 2 unspecified atom stereocenters. The Morgan fingerprint density at radius 3 is 2.81 bits per heavy atom. The highest BCUT2D eigenvalue weighted by Gasteiger charge is 2.59. The van der Waals surface area contributed by atoms with Crippen LogP contribution in [0.4, 0.5) is 0 Å². The lowest BCUT2D eigenvalue weighted by molar-refractivity contribution is -0.123. The molecular formula is C20H26N4O2. The minimum Gasteiger partial charge on any atom is -0.497 e. The zero-order valence-electron chi connectivity index (χ0n) is 15.2. The van der Waals surface area contributed by atoms with Crippen LogP contribution in [0, 0.1) is 17.8 Å². The summed E-state index contributed by atoms with van der Waals surface area (Å²) in [5, 5.41) is 3.08. The van der Waals surface area contributed by atoms with Gasteiger partial charge in [-0.25, -0.2) is 4.98 Å². The van der Waals surface area contributed by atoms with Gasteiger partial charge in [-0.2, -0.15) is 0 Å². The van der Waals surface area contributed by atoms with Gasteiger partial charge in [-0.15, -0.1) is 0 Å². The van der Waals surface area contributed by atoms with E-state index in [2.05, 4.69) is 20.2 Å². The number of methoxy groups -OCH3 is 1. The van der Waals surface area contributed by atoms with Crippen LogP contribution in [0.2, 0.25) is 0 Å². The molecule has 0 bridgehead atoms. The van der Waals surface area contributed by atoms with Crippen molar-refractivity contribution in [3.63, 3.8) is 0 Å². The number of hydrogen-bond donors (Lipinski definition) is 2. The SMILES string of the molecule is COc1ccc2nc(CNC(=O)C3C4CN(C5CCCC5)CC43)[nH]c2c1. The number of piperidine rings is 1. The molecule has 6 nitrogen and oxygen atoms in total. The largest absolute Gasteiger partial charge is 0.497 e. The maximum atomic E-state index is 12.5. The Kier molecular flexibility index (Phi) is 3.89. The third kappa shape index (κ3) is 2.76. The minimum atomic E-state index is 0.198. The summed E-state index contributed by atoms with van der Waals surface area (Å²) in [7, 11) is 1.65. The number of carbonyl (C=O) groups is 1. The highest BCUT2D eigenvalue weighted by atomic mass is 16.5. The average molecular weight is 354 g/mol. The van der Waals surface area contributed by atoms with E-state index < -0.39 is 0 Å². The van der Waals surface area contributed by atoms with E-state index in [9.17, 15) is 4.79 Å². The molecule has 1 aromatic carbocycles. The Balaban J connectivity index is 1.15. The van der Waals surface area contributed by atoms with Gasteiger partial charge in [0.05, 0.1) is 24.7 Å². The molecule has 2 saturated carbocycles. The fourth-order valence-electron chi connectivity index (χ4n) is 5.06. The second-order valence-electron chi connectivity index (χ2n) is 8.03. The first-order valence-electron chi connectivity index (χ1n) is 9.77. The molecular weight excluding hydrogens is 328 g/mol. The Morgan fingerprint density at radius 1 is 1.31 bits per heavy atom. The van der Waals surface area contributed by atoms with Crippen molar-refractivity contribution in [2.75, 3.05) is 20.2 Å². The van der Waals surface area contributed by atoms with Crippen molar-refractivity contribution in [2.24, 2.45) is 17.8 Å². The number of nitrogens with one attached hydrogen (secondary N) is 2. The van der Waals surface area contributed by atoms with E-state index in [1.807, 2.05) is 18.2 Å². The Morgan fingerprint density at radius 2 is 2.08 bits per heavy atom. The average Bonchev–Trinajstić information content (AvgIpc) is 3.15. The van der Waals surface area contributed by atoms with E-state index in [-0.39, 0.29) is 11.8 Å². The number of hydrogen-bond acceptors (Lipinski definition) is 4. The second kappa shape index (κ2) is 6.27. The van der Waals surface area contributed by atoms with Crippen LogP contribution in [0.15, 0.2) is 18.2 Å². The lowest BCUT2D eigenvalue weighted by Crippen LogP contribution is -2.36. The summed E-state index contributed by atoms with van der Waals surface area (Å²) in [4.78, 5) is 23.0. The second-order valence-corrected chi connectivity index (χ2v) is 8.03. The third-order valence-electron chi connectivity index (χ3n) is 6.53. The topological polar surface area (TPSA) is 70.2 Å². The van der Waals surface area contributed by atoms with Crippen molar-refractivity contribution in [2.45, 2.75) is 38.3 Å². The molecule has 6 heteroatoms.